The largest absolute Gasteiger partial charge is 0.756 e. The molecule has 3 aromatic carbocycles. The number of ether oxygens (including phenoxy) is 3. The molecule has 1 N–H and O–H groups in total. The van der Waals surface area contributed by atoms with E-state index in [0.717, 1.165) is 24.2 Å². The van der Waals surface area contributed by atoms with E-state index in [4.69, 9.17) is 37.4 Å². The Kier molecular flexibility index (Phi) is 9.56. The Morgan fingerprint density at radius 2 is 1.87 bits per heavy atom. The molecule has 0 spiro atoms. The highest BCUT2D eigenvalue weighted by atomic mass is 35.5. The molecule has 206 valence electrons. The average molecular weight is 572 g/mol. The van der Waals surface area contributed by atoms with Crippen molar-refractivity contribution in [2.75, 3.05) is 26.8 Å². The van der Waals surface area contributed by atoms with Crippen LogP contribution in [0.15, 0.2) is 54.6 Å². The number of amides is 2. The lowest BCUT2D eigenvalue weighted by atomic mass is 9.92. The van der Waals surface area contributed by atoms with Gasteiger partial charge in [0, 0.05) is 35.3 Å². The number of hydrogen-bond donors (Lipinski definition) is 1. The first kappa shape index (κ1) is 28.5. The molecular formula is C29H29Cl2N2O6-. The number of likely N-dealkylation sites (N-methyl/N-ethyl adjacent to an activating group) is 1. The van der Waals surface area contributed by atoms with Gasteiger partial charge in [-0.15, -0.1) is 0 Å². The number of nitrogens with zero attached hydrogens (tertiary/aromatic N) is 1. The van der Waals surface area contributed by atoms with E-state index in [0.29, 0.717) is 58.0 Å². The molecule has 1 atom stereocenters. The van der Waals surface area contributed by atoms with E-state index < -0.39 is 11.8 Å². The number of carbonyl (C=O) groups excluding carboxylic acids is 2. The lowest BCUT2D eigenvalue weighted by Crippen LogP contribution is -2.32. The first-order valence-corrected chi connectivity index (χ1v) is 13.4. The van der Waals surface area contributed by atoms with Gasteiger partial charge in [0.2, 0.25) is 5.91 Å². The van der Waals surface area contributed by atoms with E-state index in [1.807, 2.05) is 12.1 Å². The van der Waals surface area contributed by atoms with Gasteiger partial charge in [-0.05, 0) is 74.2 Å². The van der Waals surface area contributed by atoms with Crippen molar-refractivity contribution in [3.8, 4) is 23.0 Å². The van der Waals surface area contributed by atoms with Crippen LogP contribution in [-0.2, 0) is 11.2 Å². The number of benzene rings is 3. The van der Waals surface area contributed by atoms with Gasteiger partial charge < -0.3 is 29.8 Å². The van der Waals surface area contributed by atoms with Crippen molar-refractivity contribution >= 4 is 35.0 Å². The van der Waals surface area contributed by atoms with Gasteiger partial charge in [0.05, 0.1) is 24.7 Å². The SMILES string of the molecule is CCN([O-])C(=O)C1CCOc2cc(Oc3ccc(C(=O)NCCCc4ccc(Cl)cc4OC)cc3)c(Cl)cc21. The van der Waals surface area contributed by atoms with Gasteiger partial charge in [-0.1, -0.05) is 29.3 Å². The molecule has 1 unspecified atom stereocenters. The summed E-state index contributed by atoms with van der Waals surface area (Å²) in [6.45, 7) is 2.51. The smallest absolute Gasteiger partial charge is 0.251 e. The minimum Gasteiger partial charge on any atom is -0.756 e. The summed E-state index contributed by atoms with van der Waals surface area (Å²) in [4.78, 5) is 25.1. The Labute approximate surface area is 237 Å². The molecule has 10 heteroatoms. The van der Waals surface area contributed by atoms with E-state index in [-0.39, 0.29) is 17.5 Å². The van der Waals surface area contributed by atoms with Crippen LogP contribution in [-0.4, -0.2) is 43.7 Å². The molecule has 2 amide bonds. The van der Waals surface area contributed by atoms with Crippen LogP contribution < -0.4 is 19.5 Å². The maximum Gasteiger partial charge on any atom is 0.251 e. The van der Waals surface area contributed by atoms with Crippen LogP contribution >= 0.6 is 23.2 Å². The van der Waals surface area contributed by atoms with Crippen molar-refractivity contribution in [2.24, 2.45) is 0 Å². The van der Waals surface area contributed by atoms with Crippen LogP contribution in [0.4, 0.5) is 0 Å². The molecule has 1 heterocycles. The van der Waals surface area contributed by atoms with Crippen molar-refractivity contribution in [3.63, 3.8) is 0 Å². The zero-order valence-corrected chi connectivity index (χ0v) is 23.2. The van der Waals surface area contributed by atoms with Crippen LogP contribution in [0.5, 0.6) is 23.0 Å². The van der Waals surface area contributed by atoms with E-state index >= 15 is 0 Å². The van der Waals surface area contributed by atoms with Crippen LogP contribution in [0, 0.1) is 5.21 Å². The Hall–Kier alpha value is -3.46. The van der Waals surface area contributed by atoms with Gasteiger partial charge in [-0.2, -0.15) is 0 Å². The quantitative estimate of drug-likeness (QED) is 0.224. The van der Waals surface area contributed by atoms with E-state index in [1.54, 1.807) is 56.5 Å². The Balaban J connectivity index is 1.34. The minimum atomic E-state index is -0.608. The lowest BCUT2D eigenvalue weighted by molar-refractivity contribution is -0.130. The van der Waals surface area contributed by atoms with Gasteiger partial charge in [0.15, 0.2) is 0 Å². The van der Waals surface area contributed by atoms with Gasteiger partial charge in [0.1, 0.15) is 23.0 Å². The fourth-order valence-electron chi connectivity index (χ4n) is 4.36. The second-order valence-electron chi connectivity index (χ2n) is 8.99. The highest BCUT2D eigenvalue weighted by molar-refractivity contribution is 6.32. The second-order valence-corrected chi connectivity index (χ2v) is 9.83. The minimum absolute atomic E-state index is 0.0765. The maximum atomic E-state index is 12.6. The molecule has 1 aliphatic rings. The van der Waals surface area contributed by atoms with E-state index in [1.165, 1.54) is 0 Å². The summed E-state index contributed by atoms with van der Waals surface area (Å²) < 4.78 is 17.0. The number of carbonyl (C=O) groups is 2. The van der Waals surface area contributed by atoms with Crippen LogP contribution in [0.1, 0.15) is 47.2 Å². The highest BCUT2D eigenvalue weighted by Gasteiger charge is 2.29. The summed E-state index contributed by atoms with van der Waals surface area (Å²) in [5.74, 6) is 0.690. The molecule has 3 aromatic rings. The van der Waals surface area contributed by atoms with Crippen molar-refractivity contribution in [3.05, 3.63) is 86.5 Å². The summed E-state index contributed by atoms with van der Waals surface area (Å²) in [5, 5.41) is 16.2. The summed E-state index contributed by atoms with van der Waals surface area (Å²) in [6, 6.07) is 15.4. The average Bonchev–Trinajstić information content (AvgIpc) is 2.95. The highest BCUT2D eigenvalue weighted by Crippen LogP contribution is 2.42. The number of halogens is 2. The van der Waals surface area contributed by atoms with Gasteiger partial charge in [0.25, 0.3) is 5.91 Å². The summed E-state index contributed by atoms with van der Waals surface area (Å²) in [5.41, 5.74) is 2.09. The van der Waals surface area contributed by atoms with Crippen LogP contribution in [0.2, 0.25) is 10.0 Å². The van der Waals surface area contributed by atoms with Crippen LogP contribution in [0.25, 0.3) is 0 Å². The third-order valence-corrected chi connectivity index (χ3v) is 6.97. The summed E-state index contributed by atoms with van der Waals surface area (Å²) >= 11 is 12.5. The second kappa shape index (κ2) is 13.1. The molecule has 0 bridgehead atoms. The fourth-order valence-corrected chi connectivity index (χ4v) is 4.74. The molecule has 8 nitrogen and oxygen atoms in total. The first-order chi connectivity index (χ1) is 18.8. The van der Waals surface area contributed by atoms with E-state index in [9.17, 15) is 14.8 Å². The topological polar surface area (TPSA) is 100 Å². The Morgan fingerprint density at radius 1 is 1.10 bits per heavy atom. The zero-order chi connectivity index (χ0) is 27.9. The number of nitrogens with one attached hydrogen (secondary N) is 1. The van der Waals surface area contributed by atoms with Crippen molar-refractivity contribution in [2.45, 2.75) is 32.1 Å². The van der Waals surface area contributed by atoms with Gasteiger partial charge in [-0.3, -0.25) is 9.59 Å². The fraction of sp³-hybridized carbons (Fsp3) is 0.310. The molecule has 0 aromatic heterocycles. The predicted octanol–water partition coefficient (Wildman–Crippen LogP) is 6.37. The standard InChI is InChI=1S/C29H29Cl2N2O6/c1-3-33(36)29(35)22-12-14-38-26-17-27(24(31)16-23(22)26)39-21-10-7-19(8-11-21)28(34)32-13-4-5-18-6-9-20(30)15-25(18)37-2/h6-11,15-17,22H,3-5,12-14H2,1-2H3,(H,32,34)/q-1. The summed E-state index contributed by atoms with van der Waals surface area (Å²) in [6.07, 6.45) is 1.88. The number of hydrogen-bond acceptors (Lipinski definition) is 6. The Morgan fingerprint density at radius 3 is 2.59 bits per heavy atom. The number of rotatable bonds is 10. The van der Waals surface area contributed by atoms with Crippen molar-refractivity contribution in [1.29, 1.82) is 0 Å². The molecule has 0 radical (unpaired) electrons. The number of fused-ring (bicyclic) bond motifs is 1. The van der Waals surface area contributed by atoms with Crippen molar-refractivity contribution in [1.82, 2.24) is 10.4 Å². The van der Waals surface area contributed by atoms with Gasteiger partial charge >= 0.3 is 0 Å². The molecule has 4 rings (SSSR count). The predicted molar refractivity (Wildman–Crippen MR) is 150 cm³/mol. The normalized spacial score (nSPS) is 14.1. The number of aryl methyl sites for hydroxylation is 1. The first-order valence-electron chi connectivity index (χ1n) is 12.6. The lowest BCUT2D eigenvalue weighted by Gasteiger charge is -2.34. The van der Waals surface area contributed by atoms with E-state index in [2.05, 4.69) is 5.32 Å². The zero-order valence-electron chi connectivity index (χ0n) is 21.7. The number of hydroxylamine groups is 2. The van der Waals surface area contributed by atoms with Gasteiger partial charge in [-0.25, -0.2) is 0 Å². The molecule has 0 saturated carbocycles. The monoisotopic (exact) mass is 571 g/mol. The van der Waals surface area contributed by atoms with Crippen LogP contribution in [0.3, 0.4) is 0 Å². The van der Waals surface area contributed by atoms with Crippen molar-refractivity contribution < 1.29 is 23.8 Å². The summed E-state index contributed by atoms with van der Waals surface area (Å²) in [7, 11) is 1.60. The third kappa shape index (κ3) is 6.95. The third-order valence-electron chi connectivity index (χ3n) is 6.44. The molecule has 1 aliphatic heterocycles. The molecule has 0 aliphatic carbocycles. The molecule has 39 heavy (non-hydrogen) atoms. The molecular weight excluding hydrogens is 543 g/mol. The molecule has 0 fully saturated rings. The molecule has 0 saturated heterocycles. The number of methoxy groups -OCH3 is 1. The maximum absolute atomic E-state index is 12.6. The Bertz CT molecular complexity index is 1330.